The molecule has 0 saturated carbocycles. The average molecular weight is 513 g/mol. The first kappa shape index (κ1) is 24.7. The first-order chi connectivity index (χ1) is 17.7. The van der Waals surface area contributed by atoms with E-state index in [-0.39, 0.29) is 11.3 Å². The molecule has 1 aromatic heterocycles. The third-order valence-corrected chi connectivity index (χ3v) is 7.79. The second kappa shape index (κ2) is 9.48. The van der Waals surface area contributed by atoms with Crippen LogP contribution in [0.2, 0.25) is 0 Å². The van der Waals surface area contributed by atoms with Crippen molar-refractivity contribution in [1.29, 1.82) is 0 Å². The lowest BCUT2D eigenvalue weighted by Crippen LogP contribution is -2.29. The Kier molecular flexibility index (Phi) is 6.33. The van der Waals surface area contributed by atoms with Crippen molar-refractivity contribution in [3.8, 4) is 5.75 Å². The highest BCUT2D eigenvalue weighted by atomic mass is 32.1. The summed E-state index contributed by atoms with van der Waals surface area (Å²) >= 11 is 1.36. The number of carbonyl (C=O) groups is 2. The Hall–Kier alpha value is -3.97. The standard InChI is InChI=1S/C30H28N2O4S/c1-16(2)19-7-9-20(10-8-19)26-25(27(33)21-11-13-23(36-5)18(4)15-21)28(34)29(35)32(26)30-31-22-12-6-17(3)14-24(22)37-30/h6-16,26,33H,1-5H3/b27-25+/t26-/m0/s1. The van der Waals surface area contributed by atoms with Crippen LogP contribution in [-0.2, 0) is 9.59 Å². The summed E-state index contributed by atoms with van der Waals surface area (Å²) in [5, 5.41) is 11.9. The van der Waals surface area contributed by atoms with E-state index >= 15 is 0 Å². The molecule has 7 heteroatoms. The van der Waals surface area contributed by atoms with Gasteiger partial charge in [0.25, 0.3) is 5.78 Å². The van der Waals surface area contributed by atoms with Gasteiger partial charge in [0.1, 0.15) is 11.5 Å². The van der Waals surface area contributed by atoms with E-state index in [1.54, 1.807) is 25.3 Å². The summed E-state index contributed by atoms with van der Waals surface area (Å²) in [6, 6.07) is 18.1. The van der Waals surface area contributed by atoms with Crippen molar-refractivity contribution in [3.05, 3.63) is 94.1 Å². The van der Waals surface area contributed by atoms with Gasteiger partial charge in [-0.1, -0.05) is 55.5 Å². The van der Waals surface area contributed by atoms with Gasteiger partial charge < -0.3 is 9.84 Å². The number of benzene rings is 3. The summed E-state index contributed by atoms with van der Waals surface area (Å²) in [7, 11) is 1.58. The van der Waals surface area contributed by atoms with Gasteiger partial charge in [0.2, 0.25) is 0 Å². The maximum absolute atomic E-state index is 13.5. The fourth-order valence-corrected chi connectivity index (χ4v) is 5.80. The molecular formula is C30H28N2O4S. The molecule has 37 heavy (non-hydrogen) atoms. The monoisotopic (exact) mass is 512 g/mol. The van der Waals surface area contributed by atoms with Crippen LogP contribution < -0.4 is 9.64 Å². The zero-order valence-corrected chi connectivity index (χ0v) is 22.2. The molecule has 1 amide bonds. The molecule has 0 unspecified atom stereocenters. The normalized spacial score (nSPS) is 17.2. The maximum Gasteiger partial charge on any atom is 0.301 e. The third kappa shape index (κ3) is 4.29. The molecule has 2 heterocycles. The zero-order valence-electron chi connectivity index (χ0n) is 21.4. The molecule has 0 spiro atoms. The molecule has 1 atom stereocenters. The van der Waals surface area contributed by atoms with Gasteiger partial charge in [-0.25, -0.2) is 4.98 Å². The van der Waals surface area contributed by atoms with E-state index in [1.165, 1.54) is 16.2 Å². The van der Waals surface area contributed by atoms with Gasteiger partial charge in [0, 0.05) is 5.56 Å². The van der Waals surface area contributed by atoms with Crippen LogP contribution in [0.4, 0.5) is 5.13 Å². The molecule has 188 valence electrons. The Bertz CT molecular complexity index is 1570. The van der Waals surface area contributed by atoms with Crippen molar-refractivity contribution >= 4 is 44.1 Å². The third-order valence-electron chi connectivity index (χ3n) is 6.77. The van der Waals surface area contributed by atoms with Crippen LogP contribution in [0.3, 0.4) is 0 Å². The molecule has 1 aliphatic heterocycles. The first-order valence-corrected chi connectivity index (χ1v) is 12.9. The number of aromatic nitrogens is 1. The van der Waals surface area contributed by atoms with Crippen LogP contribution >= 0.6 is 11.3 Å². The number of aryl methyl sites for hydroxylation is 2. The molecular weight excluding hydrogens is 484 g/mol. The summed E-state index contributed by atoms with van der Waals surface area (Å²) in [6.07, 6.45) is 0. The van der Waals surface area contributed by atoms with Gasteiger partial charge in [-0.05, 0) is 72.4 Å². The summed E-state index contributed by atoms with van der Waals surface area (Å²) in [5.41, 5.74) is 5.00. The molecule has 1 aliphatic rings. The van der Waals surface area contributed by atoms with Gasteiger partial charge in [-0.15, -0.1) is 0 Å². The smallest absolute Gasteiger partial charge is 0.301 e. The fourth-order valence-electron chi connectivity index (χ4n) is 4.71. The average Bonchev–Trinajstić information content (AvgIpc) is 3.41. The molecule has 3 aromatic carbocycles. The van der Waals surface area contributed by atoms with Gasteiger partial charge in [-0.3, -0.25) is 14.5 Å². The number of carbonyl (C=O) groups excluding carboxylic acids is 2. The van der Waals surface area contributed by atoms with Crippen molar-refractivity contribution in [1.82, 2.24) is 4.98 Å². The molecule has 0 aliphatic carbocycles. The lowest BCUT2D eigenvalue weighted by molar-refractivity contribution is -0.132. The van der Waals surface area contributed by atoms with Crippen molar-refractivity contribution in [2.45, 2.75) is 39.7 Å². The maximum atomic E-state index is 13.5. The predicted molar refractivity (Wildman–Crippen MR) is 147 cm³/mol. The Balaban J connectivity index is 1.71. The van der Waals surface area contributed by atoms with Gasteiger partial charge >= 0.3 is 5.91 Å². The second-order valence-electron chi connectivity index (χ2n) is 9.64. The summed E-state index contributed by atoms with van der Waals surface area (Å²) < 4.78 is 6.27. The minimum absolute atomic E-state index is 0.0438. The first-order valence-electron chi connectivity index (χ1n) is 12.1. The van der Waals surface area contributed by atoms with Crippen LogP contribution in [0.5, 0.6) is 5.75 Å². The molecule has 0 radical (unpaired) electrons. The largest absolute Gasteiger partial charge is 0.507 e. The van der Waals surface area contributed by atoms with Crippen molar-refractivity contribution in [2.75, 3.05) is 12.0 Å². The number of aliphatic hydroxyl groups excluding tert-OH is 1. The summed E-state index contributed by atoms with van der Waals surface area (Å²) in [6.45, 7) is 8.07. The van der Waals surface area contributed by atoms with Gasteiger partial charge in [-0.2, -0.15) is 0 Å². The van der Waals surface area contributed by atoms with Crippen molar-refractivity contribution in [2.24, 2.45) is 0 Å². The number of ketones is 1. The number of methoxy groups -OCH3 is 1. The molecule has 6 nitrogen and oxygen atoms in total. The van der Waals surface area contributed by atoms with E-state index in [1.807, 2.05) is 56.3 Å². The Morgan fingerprint density at radius 1 is 1.03 bits per heavy atom. The number of fused-ring (bicyclic) bond motifs is 1. The highest BCUT2D eigenvalue weighted by Crippen LogP contribution is 2.44. The highest BCUT2D eigenvalue weighted by Gasteiger charge is 2.48. The summed E-state index contributed by atoms with van der Waals surface area (Å²) in [4.78, 5) is 33.1. The molecule has 1 saturated heterocycles. The van der Waals surface area contributed by atoms with Crippen LogP contribution in [0.1, 0.15) is 53.6 Å². The summed E-state index contributed by atoms with van der Waals surface area (Å²) in [5.74, 6) is -0.667. The Morgan fingerprint density at radius 2 is 1.76 bits per heavy atom. The second-order valence-corrected chi connectivity index (χ2v) is 10.7. The van der Waals surface area contributed by atoms with E-state index < -0.39 is 17.7 Å². The SMILES string of the molecule is COc1ccc(/C(O)=C2\C(=O)C(=O)N(c3nc4ccc(C)cc4s3)[C@H]2c2ccc(C(C)C)cc2)cc1C. The molecule has 1 N–H and O–H groups in total. The number of hydrogen-bond donors (Lipinski definition) is 1. The van der Waals surface area contributed by atoms with Gasteiger partial charge in [0.05, 0.1) is 28.9 Å². The molecule has 0 bridgehead atoms. The van der Waals surface area contributed by atoms with Crippen LogP contribution in [0.15, 0.2) is 66.2 Å². The number of thiazole rings is 1. The van der Waals surface area contributed by atoms with E-state index in [4.69, 9.17) is 9.72 Å². The fraction of sp³-hybridized carbons (Fsp3) is 0.233. The van der Waals surface area contributed by atoms with Crippen molar-refractivity contribution < 1.29 is 19.4 Å². The van der Waals surface area contributed by atoms with E-state index in [0.717, 1.165) is 32.5 Å². The number of rotatable bonds is 5. The number of ether oxygens (including phenoxy) is 1. The molecule has 4 aromatic rings. The molecule has 5 rings (SSSR count). The van der Waals surface area contributed by atoms with Crippen molar-refractivity contribution in [3.63, 3.8) is 0 Å². The number of hydrogen-bond acceptors (Lipinski definition) is 6. The highest BCUT2D eigenvalue weighted by molar-refractivity contribution is 7.22. The quantitative estimate of drug-likeness (QED) is 0.183. The number of Topliss-reactive ketones (excluding diaryl/α,β-unsaturated/α-hetero) is 1. The number of aliphatic hydroxyl groups is 1. The number of amides is 1. The van der Waals surface area contributed by atoms with E-state index in [9.17, 15) is 14.7 Å². The zero-order chi connectivity index (χ0) is 26.4. The lowest BCUT2D eigenvalue weighted by atomic mass is 9.93. The van der Waals surface area contributed by atoms with Crippen LogP contribution in [0, 0.1) is 13.8 Å². The number of nitrogens with zero attached hydrogens (tertiary/aromatic N) is 2. The number of anilines is 1. The van der Waals surface area contributed by atoms with Crippen LogP contribution in [0.25, 0.3) is 16.0 Å². The van der Waals surface area contributed by atoms with Crippen LogP contribution in [-0.4, -0.2) is 28.9 Å². The predicted octanol–water partition coefficient (Wildman–Crippen LogP) is 6.67. The lowest BCUT2D eigenvalue weighted by Gasteiger charge is -2.23. The minimum atomic E-state index is -0.815. The Labute approximate surface area is 219 Å². The van der Waals surface area contributed by atoms with E-state index in [2.05, 4.69) is 13.8 Å². The Morgan fingerprint density at radius 3 is 2.41 bits per heavy atom. The topological polar surface area (TPSA) is 79.7 Å². The minimum Gasteiger partial charge on any atom is -0.507 e. The van der Waals surface area contributed by atoms with E-state index in [0.29, 0.717) is 22.4 Å². The van der Waals surface area contributed by atoms with Gasteiger partial charge in [0.15, 0.2) is 5.13 Å². The molecule has 1 fully saturated rings.